The van der Waals surface area contributed by atoms with Gasteiger partial charge in [-0.2, -0.15) is 5.26 Å². The summed E-state index contributed by atoms with van der Waals surface area (Å²) in [6, 6.07) is 14.1. The van der Waals surface area contributed by atoms with Gasteiger partial charge in [-0.25, -0.2) is 0 Å². The first-order valence-corrected chi connectivity index (χ1v) is 6.63. The van der Waals surface area contributed by atoms with Crippen molar-refractivity contribution in [1.29, 1.82) is 5.26 Å². The number of aromatic nitrogens is 1. The number of nitriles is 1. The second-order valence-electron chi connectivity index (χ2n) is 4.54. The lowest BCUT2D eigenvalue weighted by Crippen LogP contribution is -2.11. The molecular formula is C16H10ClN3O. The number of hydrogen-bond donors (Lipinski definition) is 2. The molecule has 0 atom stereocenters. The second-order valence-corrected chi connectivity index (χ2v) is 4.95. The number of benzene rings is 2. The Labute approximate surface area is 126 Å². The van der Waals surface area contributed by atoms with Gasteiger partial charge in [-0.15, -0.1) is 0 Å². The third-order valence-corrected chi connectivity index (χ3v) is 3.49. The van der Waals surface area contributed by atoms with E-state index in [1.807, 2.05) is 24.4 Å². The minimum atomic E-state index is -0.238. The maximum atomic E-state index is 12.2. The molecule has 1 aromatic heterocycles. The summed E-state index contributed by atoms with van der Waals surface area (Å²) in [7, 11) is 0. The van der Waals surface area contributed by atoms with Gasteiger partial charge in [0.25, 0.3) is 5.91 Å². The topological polar surface area (TPSA) is 68.7 Å². The fourth-order valence-corrected chi connectivity index (χ4v) is 2.24. The van der Waals surface area contributed by atoms with E-state index in [4.69, 9.17) is 16.9 Å². The van der Waals surface area contributed by atoms with Crippen LogP contribution in [0.5, 0.6) is 0 Å². The highest BCUT2D eigenvalue weighted by Crippen LogP contribution is 2.21. The van der Waals surface area contributed by atoms with Gasteiger partial charge >= 0.3 is 0 Å². The zero-order valence-corrected chi connectivity index (χ0v) is 11.6. The number of anilines is 1. The molecular weight excluding hydrogens is 286 g/mol. The van der Waals surface area contributed by atoms with Crippen LogP contribution in [0.3, 0.4) is 0 Å². The number of halogens is 1. The standard InChI is InChI=1S/C16H10ClN3O/c17-14-4-3-13(7-12(14)9-18)20-16(21)11-2-1-10-5-6-19-15(10)8-11/h1-8,19H,(H,20,21). The number of fused-ring (bicyclic) bond motifs is 1. The summed E-state index contributed by atoms with van der Waals surface area (Å²) >= 11 is 5.86. The number of carbonyl (C=O) groups is 1. The van der Waals surface area contributed by atoms with E-state index < -0.39 is 0 Å². The Kier molecular flexibility index (Phi) is 3.35. The molecule has 2 N–H and O–H groups in total. The highest BCUT2D eigenvalue weighted by atomic mass is 35.5. The maximum Gasteiger partial charge on any atom is 0.255 e. The molecule has 5 heteroatoms. The minimum absolute atomic E-state index is 0.238. The third kappa shape index (κ3) is 2.60. The molecule has 0 fully saturated rings. The summed E-state index contributed by atoms with van der Waals surface area (Å²) in [6.07, 6.45) is 1.82. The molecule has 21 heavy (non-hydrogen) atoms. The van der Waals surface area contributed by atoms with Crippen LogP contribution in [0.2, 0.25) is 5.02 Å². The van der Waals surface area contributed by atoms with Gasteiger partial charge in [-0.05, 0) is 41.8 Å². The van der Waals surface area contributed by atoms with E-state index in [0.717, 1.165) is 10.9 Å². The second kappa shape index (κ2) is 5.31. The van der Waals surface area contributed by atoms with Crippen LogP contribution in [-0.2, 0) is 0 Å². The van der Waals surface area contributed by atoms with Crippen LogP contribution in [-0.4, -0.2) is 10.9 Å². The normalized spacial score (nSPS) is 10.3. The van der Waals surface area contributed by atoms with E-state index in [-0.39, 0.29) is 5.91 Å². The first-order valence-electron chi connectivity index (χ1n) is 6.25. The van der Waals surface area contributed by atoms with Crippen LogP contribution in [0, 0.1) is 11.3 Å². The van der Waals surface area contributed by atoms with Gasteiger partial charge in [0.05, 0.1) is 10.6 Å². The van der Waals surface area contributed by atoms with Crippen molar-refractivity contribution in [3.8, 4) is 6.07 Å². The highest BCUT2D eigenvalue weighted by Gasteiger charge is 2.09. The number of H-pyrrole nitrogens is 1. The third-order valence-electron chi connectivity index (χ3n) is 3.16. The molecule has 3 aromatic rings. The Bertz CT molecular complexity index is 877. The van der Waals surface area contributed by atoms with E-state index in [0.29, 0.717) is 21.8 Å². The molecule has 0 saturated heterocycles. The molecule has 0 aliphatic rings. The number of carbonyl (C=O) groups excluding carboxylic acids is 1. The summed E-state index contributed by atoms with van der Waals surface area (Å²) in [5.41, 5.74) is 2.30. The first kappa shape index (κ1) is 13.2. The van der Waals surface area contributed by atoms with Gasteiger partial charge in [0.1, 0.15) is 6.07 Å². The number of aromatic amines is 1. The van der Waals surface area contributed by atoms with Crippen LogP contribution in [0.25, 0.3) is 10.9 Å². The molecule has 4 nitrogen and oxygen atoms in total. The molecule has 1 amide bonds. The van der Waals surface area contributed by atoms with E-state index in [9.17, 15) is 4.79 Å². The van der Waals surface area contributed by atoms with Crippen LogP contribution in [0.1, 0.15) is 15.9 Å². The summed E-state index contributed by atoms with van der Waals surface area (Å²) in [5.74, 6) is -0.238. The number of hydrogen-bond acceptors (Lipinski definition) is 2. The molecule has 0 unspecified atom stereocenters. The first-order chi connectivity index (χ1) is 10.2. The van der Waals surface area contributed by atoms with Crippen molar-refractivity contribution < 1.29 is 4.79 Å². The lowest BCUT2D eigenvalue weighted by molar-refractivity contribution is 0.102. The summed E-state index contributed by atoms with van der Waals surface area (Å²) < 4.78 is 0. The van der Waals surface area contributed by atoms with Crippen LogP contribution >= 0.6 is 11.6 Å². The lowest BCUT2D eigenvalue weighted by Gasteiger charge is -2.06. The van der Waals surface area contributed by atoms with E-state index in [1.165, 1.54) is 0 Å². The minimum Gasteiger partial charge on any atom is -0.361 e. The van der Waals surface area contributed by atoms with E-state index >= 15 is 0 Å². The molecule has 0 aliphatic heterocycles. The lowest BCUT2D eigenvalue weighted by atomic mass is 10.1. The summed E-state index contributed by atoms with van der Waals surface area (Å²) in [5, 5.41) is 13.1. The Balaban J connectivity index is 1.87. The van der Waals surface area contributed by atoms with Crippen molar-refractivity contribution in [3.05, 3.63) is 64.8 Å². The van der Waals surface area contributed by atoms with Gasteiger partial charge in [0.2, 0.25) is 0 Å². The molecule has 0 saturated carbocycles. The molecule has 1 heterocycles. The summed E-state index contributed by atoms with van der Waals surface area (Å²) in [4.78, 5) is 15.3. The predicted molar refractivity (Wildman–Crippen MR) is 82.4 cm³/mol. The number of nitrogens with zero attached hydrogens (tertiary/aromatic N) is 1. The molecule has 0 aliphatic carbocycles. The van der Waals surface area contributed by atoms with E-state index in [2.05, 4.69) is 10.3 Å². The largest absolute Gasteiger partial charge is 0.361 e. The number of amides is 1. The van der Waals surface area contributed by atoms with Crippen molar-refractivity contribution >= 4 is 34.1 Å². The predicted octanol–water partition coefficient (Wildman–Crippen LogP) is 3.95. The van der Waals surface area contributed by atoms with Crippen molar-refractivity contribution in [3.63, 3.8) is 0 Å². The molecule has 0 bridgehead atoms. The molecule has 0 spiro atoms. The van der Waals surface area contributed by atoms with Crippen molar-refractivity contribution in [2.24, 2.45) is 0 Å². The molecule has 2 aromatic carbocycles. The van der Waals surface area contributed by atoms with E-state index in [1.54, 1.807) is 30.3 Å². The smallest absolute Gasteiger partial charge is 0.255 e. The zero-order valence-electron chi connectivity index (χ0n) is 10.9. The van der Waals surface area contributed by atoms with Gasteiger partial charge in [0, 0.05) is 23.0 Å². The molecule has 3 rings (SSSR count). The van der Waals surface area contributed by atoms with Crippen LogP contribution < -0.4 is 5.32 Å². The average molecular weight is 296 g/mol. The quantitative estimate of drug-likeness (QED) is 0.751. The highest BCUT2D eigenvalue weighted by molar-refractivity contribution is 6.31. The molecule has 0 radical (unpaired) electrons. The van der Waals surface area contributed by atoms with Gasteiger partial charge < -0.3 is 10.3 Å². The fraction of sp³-hybridized carbons (Fsp3) is 0. The van der Waals surface area contributed by atoms with Gasteiger partial charge in [-0.3, -0.25) is 4.79 Å². The summed E-state index contributed by atoms with van der Waals surface area (Å²) in [6.45, 7) is 0. The van der Waals surface area contributed by atoms with Crippen molar-refractivity contribution in [2.75, 3.05) is 5.32 Å². The van der Waals surface area contributed by atoms with Crippen molar-refractivity contribution in [2.45, 2.75) is 0 Å². The Morgan fingerprint density at radius 3 is 2.86 bits per heavy atom. The van der Waals surface area contributed by atoms with Gasteiger partial charge in [-0.1, -0.05) is 17.7 Å². The Morgan fingerprint density at radius 2 is 2.05 bits per heavy atom. The Hall–Kier alpha value is -2.77. The van der Waals surface area contributed by atoms with Crippen LogP contribution in [0.15, 0.2) is 48.7 Å². The van der Waals surface area contributed by atoms with Gasteiger partial charge in [0.15, 0.2) is 0 Å². The SMILES string of the molecule is N#Cc1cc(NC(=O)c2ccc3cc[nH]c3c2)ccc1Cl. The van der Waals surface area contributed by atoms with Crippen LogP contribution in [0.4, 0.5) is 5.69 Å². The maximum absolute atomic E-state index is 12.2. The monoisotopic (exact) mass is 295 g/mol. The number of nitrogens with one attached hydrogen (secondary N) is 2. The zero-order chi connectivity index (χ0) is 14.8. The molecule has 102 valence electrons. The number of rotatable bonds is 2. The Morgan fingerprint density at radius 1 is 1.19 bits per heavy atom. The average Bonchev–Trinajstić information content (AvgIpc) is 2.96. The fourth-order valence-electron chi connectivity index (χ4n) is 2.08. The van der Waals surface area contributed by atoms with Crippen molar-refractivity contribution in [1.82, 2.24) is 4.98 Å².